The summed E-state index contributed by atoms with van der Waals surface area (Å²) in [6.07, 6.45) is -11.6. The smallest absolute Gasteiger partial charge is 0.433 e. The Balaban J connectivity index is 2.35. The Kier molecular flexibility index (Phi) is 4.97. The van der Waals surface area contributed by atoms with Gasteiger partial charge in [0.1, 0.15) is 17.5 Å². The second-order valence-corrected chi connectivity index (χ2v) is 5.94. The molecule has 3 aromatic rings. The fourth-order valence-corrected chi connectivity index (χ4v) is 2.93. The lowest BCUT2D eigenvalue weighted by atomic mass is 9.95. The van der Waals surface area contributed by atoms with E-state index >= 15 is 0 Å². The average Bonchev–Trinajstić information content (AvgIpc) is 2.64. The van der Waals surface area contributed by atoms with Gasteiger partial charge in [-0.3, -0.25) is 0 Å². The van der Waals surface area contributed by atoms with Crippen molar-refractivity contribution in [3.63, 3.8) is 0 Å². The van der Waals surface area contributed by atoms with Gasteiger partial charge in [-0.15, -0.1) is 0 Å². The highest BCUT2D eigenvalue weighted by atomic mass is 19.4. The van der Waals surface area contributed by atoms with Gasteiger partial charge in [-0.05, 0) is 23.8 Å². The molecule has 3 rings (SSSR count). The van der Waals surface area contributed by atoms with Crippen LogP contribution in [0.3, 0.4) is 0 Å². The van der Waals surface area contributed by atoms with Gasteiger partial charge in [0.05, 0.1) is 18.2 Å². The summed E-state index contributed by atoms with van der Waals surface area (Å²) in [5.41, 5.74) is -3.96. The molecule has 0 amide bonds. The first-order valence-corrected chi connectivity index (χ1v) is 7.93. The van der Waals surface area contributed by atoms with Crippen LogP contribution in [0.25, 0.3) is 10.9 Å². The van der Waals surface area contributed by atoms with E-state index in [2.05, 4.69) is 4.98 Å². The Hall–Kier alpha value is -2.81. The topological polar surface area (TPSA) is 42.4 Å². The van der Waals surface area contributed by atoms with Crippen LogP contribution in [0.4, 0.5) is 26.3 Å². The molecule has 2 aromatic carbocycles. The predicted molar refractivity (Wildman–Crippen MR) is 88.8 cm³/mol. The zero-order valence-electron chi connectivity index (χ0n) is 14.3. The van der Waals surface area contributed by atoms with E-state index in [0.717, 1.165) is 6.07 Å². The second kappa shape index (κ2) is 6.97. The molecule has 1 heterocycles. The largest absolute Gasteiger partial charge is 0.496 e. The molecule has 0 aliphatic carbocycles. The van der Waals surface area contributed by atoms with E-state index in [1.807, 2.05) is 0 Å². The van der Waals surface area contributed by atoms with Crippen LogP contribution in [0, 0.1) is 0 Å². The molecule has 0 spiro atoms. The summed E-state index contributed by atoms with van der Waals surface area (Å²) in [5.74, 6) is 0.181. The number of aliphatic hydroxyl groups excluding tert-OH is 1. The van der Waals surface area contributed by atoms with Gasteiger partial charge in [0, 0.05) is 10.9 Å². The molecule has 1 aromatic heterocycles. The maximum absolute atomic E-state index is 13.3. The summed E-state index contributed by atoms with van der Waals surface area (Å²) in [6.45, 7) is 0. The minimum Gasteiger partial charge on any atom is -0.496 e. The minimum atomic E-state index is -5.00. The molecule has 0 saturated carbocycles. The number of nitrogens with zero attached hydrogens (tertiary/aromatic N) is 1. The molecule has 3 nitrogen and oxygen atoms in total. The molecule has 0 aliphatic rings. The Morgan fingerprint density at radius 1 is 0.893 bits per heavy atom. The van der Waals surface area contributed by atoms with E-state index < -0.39 is 35.2 Å². The number of rotatable bonds is 3. The maximum Gasteiger partial charge on any atom is 0.433 e. The summed E-state index contributed by atoms with van der Waals surface area (Å²) in [4.78, 5) is 3.20. The molecule has 0 fully saturated rings. The number of para-hydroxylation sites is 2. The lowest BCUT2D eigenvalue weighted by molar-refractivity contribution is -0.142. The number of benzene rings is 2. The molecule has 0 radical (unpaired) electrons. The number of hydrogen-bond acceptors (Lipinski definition) is 3. The number of alkyl halides is 6. The number of aromatic nitrogens is 1. The molecule has 0 aliphatic heterocycles. The van der Waals surface area contributed by atoms with Crippen LogP contribution in [-0.4, -0.2) is 17.2 Å². The first-order valence-electron chi connectivity index (χ1n) is 7.93. The highest BCUT2D eigenvalue weighted by molar-refractivity contribution is 5.86. The monoisotopic (exact) mass is 401 g/mol. The SMILES string of the molecule is COc1ccccc1C(O)c1cc(C(F)(F)F)nc2c(C(F)(F)F)cccc12. The van der Waals surface area contributed by atoms with Crippen LogP contribution in [0.2, 0.25) is 0 Å². The number of methoxy groups -OCH3 is 1. The van der Waals surface area contributed by atoms with Crippen molar-refractivity contribution in [1.29, 1.82) is 0 Å². The Bertz CT molecular complexity index is 1010. The van der Waals surface area contributed by atoms with Crippen molar-refractivity contribution in [2.24, 2.45) is 0 Å². The Labute approximate surface area is 155 Å². The predicted octanol–water partition coefficient (Wildman–Crippen LogP) is 5.36. The lowest BCUT2D eigenvalue weighted by Crippen LogP contribution is -2.14. The van der Waals surface area contributed by atoms with Crippen molar-refractivity contribution in [2.45, 2.75) is 18.5 Å². The van der Waals surface area contributed by atoms with Gasteiger partial charge >= 0.3 is 12.4 Å². The van der Waals surface area contributed by atoms with Crippen molar-refractivity contribution in [2.75, 3.05) is 7.11 Å². The maximum atomic E-state index is 13.3. The van der Waals surface area contributed by atoms with Crippen LogP contribution in [0.15, 0.2) is 48.5 Å². The summed E-state index contributed by atoms with van der Waals surface area (Å²) >= 11 is 0. The Morgan fingerprint density at radius 2 is 1.57 bits per heavy atom. The quantitative estimate of drug-likeness (QED) is 0.601. The van der Waals surface area contributed by atoms with Gasteiger partial charge in [0.25, 0.3) is 0 Å². The first kappa shape index (κ1) is 19.9. The van der Waals surface area contributed by atoms with Crippen LogP contribution < -0.4 is 4.74 Å². The highest BCUT2D eigenvalue weighted by Gasteiger charge is 2.38. The zero-order chi connectivity index (χ0) is 20.7. The number of hydrogen-bond donors (Lipinski definition) is 1. The minimum absolute atomic E-state index is 0.114. The Morgan fingerprint density at radius 3 is 2.18 bits per heavy atom. The summed E-state index contributed by atoms with van der Waals surface area (Å²) in [6, 6.07) is 9.45. The fraction of sp³-hybridized carbons (Fsp3) is 0.211. The van der Waals surface area contributed by atoms with E-state index in [4.69, 9.17) is 4.74 Å². The average molecular weight is 401 g/mol. The highest BCUT2D eigenvalue weighted by Crippen LogP contribution is 2.41. The van der Waals surface area contributed by atoms with Gasteiger partial charge < -0.3 is 9.84 Å². The van der Waals surface area contributed by atoms with Gasteiger partial charge in [-0.2, -0.15) is 26.3 Å². The number of halogens is 6. The van der Waals surface area contributed by atoms with E-state index in [1.54, 1.807) is 6.07 Å². The summed E-state index contributed by atoms with van der Waals surface area (Å²) < 4.78 is 84.9. The van der Waals surface area contributed by atoms with Gasteiger partial charge in [-0.25, -0.2) is 4.98 Å². The van der Waals surface area contributed by atoms with Crippen molar-refractivity contribution in [3.05, 3.63) is 70.9 Å². The van der Waals surface area contributed by atoms with E-state index in [9.17, 15) is 31.4 Å². The standard InChI is InChI=1S/C19H13F6NO2/c1-28-14-8-3-2-5-11(14)17(27)12-9-15(19(23,24)25)26-16-10(12)6-4-7-13(16)18(20,21)22/h2-9,17,27H,1H3. The normalized spacial score (nSPS) is 13.6. The molecule has 0 bridgehead atoms. The van der Waals surface area contributed by atoms with Crippen LogP contribution in [0.5, 0.6) is 5.75 Å². The first-order chi connectivity index (χ1) is 13.0. The lowest BCUT2D eigenvalue weighted by Gasteiger charge is -2.20. The molecule has 1 N–H and O–H groups in total. The van der Waals surface area contributed by atoms with Gasteiger partial charge in [0.15, 0.2) is 0 Å². The molecule has 1 unspecified atom stereocenters. The van der Waals surface area contributed by atoms with Crippen molar-refractivity contribution in [1.82, 2.24) is 4.98 Å². The fourth-order valence-electron chi connectivity index (χ4n) is 2.93. The molecular weight excluding hydrogens is 388 g/mol. The third kappa shape index (κ3) is 3.62. The van der Waals surface area contributed by atoms with Gasteiger partial charge in [-0.1, -0.05) is 30.3 Å². The third-order valence-corrected chi connectivity index (χ3v) is 4.20. The summed E-state index contributed by atoms with van der Waals surface area (Å²) in [7, 11) is 1.30. The molecule has 0 saturated heterocycles. The third-order valence-electron chi connectivity index (χ3n) is 4.20. The molecule has 9 heteroatoms. The van der Waals surface area contributed by atoms with Crippen LogP contribution in [-0.2, 0) is 12.4 Å². The number of fused-ring (bicyclic) bond motifs is 1. The van der Waals surface area contributed by atoms with Crippen LogP contribution in [0.1, 0.15) is 28.5 Å². The van der Waals surface area contributed by atoms with Crippen molar-refractivity contribution in [3.8, 4) is 5.75 Å². The molecule has 1 atom stereocenters. The molecule has 148 valence electrons. The van der Waals surface area contributed by atoms with E-state index in [-0.39, 0.29) is 22.3 Å². The second-order valence-electron chi connectivity index (χ2n) is 5.94. The number of pyridine rings is 1. The summed E-state index contributed by atoms with van der Waals surface area (Å²) in [5, 5.41) is 10.5. The zero-order valence-corrected chi connectivity index (χ0v) is 14.3. The number of ether oxygens (including phenoxy) is 1. The van der Waals surface area contributed by atoms with E-state index in [1.165, 1.54) is 31.4 Å². The number of aliphatic hydroxyl groups is 1. The van der Waals surface area contributed by atoms with E-state index in [0.29, 0.717) is 12.1 Å². The van der Waals surface area contributed by atoms with Gasteiger partial charge in [0.2, 0.25) is 0 Å². The van der Waals surface area contributed by atoms with Crippen LogP contribution >= 0.6 is 0 Å². The van der Waals surface area contributed by atoms with Crippen molar-refractivity contribution < 1.29 is 36.2 Å². The molecular formula is C19H13F6NO2. The molecule has 28 heavy (non-hydrogen) atoms. The van der Waals surface area contributed by atoms with Crippen molar-refractivity contribution >= 4 is 10.9 Å².